The van der Waals surface area contributed by atoms with Gasteiger partial charge >= 0.3 is 6.01 Å². The highest BCUT2D eigenvalue weighted by Crippen LogP contribution is 2.10. The third-order valence-electron chi connectivity index (χ3n) is 1.49. The van der Waals surface area contributed by atoms with Gasteiger partial charge < -0.3 is 0 Å². The maximum Gasteiger partial charge on any atom is 0.323 e. The largest absolute Gasteiger partial charge is 0.323 e. The van der Waals surface area contributed by atoms with Crippen molar-refractivity contribution in [3.8, 4) is 0 Å². The minimum absolute atomic E-state index is 1.09. The van der Waals surface area contributed by atoms with E-state index in [1.165, 1.54) is 0 Å². The minimum Gasteiger partial charge on any atom is -0.154 e. The fourth-order valence-corrected chi connectivity index (χ4v) is 0.961. The molecule has 2 rings (SSSR count). The van der Waals surface area contributed by atoms with Gasteiger partial charge in [0.2, 0.25) is 0 Å². The van der Waals surface area contributed by atoms with E-state index in [-0.39, 0.29) is 0 Å². The fraction of sp³-hybridized carbons (Fsp3) is 0. The van der Waals surface area contributed by atoms with E-state index in [0.29, 0.717) is 0 Å². The quantitative estimate of drug-likeness (QED) is 0.534. The molecule has 0 bridgehead atoms. The van der Waals surface area contributed by atoms with E-state index in [2.05, 4.69) is 11.0 Å². The number of rotatable bonds is 1. The molecule has 0 saturated heterocycles. The van der Waals surface area contributed by atoms with Crippen molar-refractivity contribution >= 4 is 11.7 Å². The molecule has 0 fully saturated rings. The summed E-state index contributed by atoms with van der Waals surface area (Å²) in [6.45, 7) is 0. The minimum atomic E-state index is 1.09. The molecule has 0 N–H and O–H groups in total. The molecule has 0 amide bonds. The monoisotopic (exact) mass is 143 g/mol. The second-order valence-electron chi connectivity index (χ2n) is 2.23. The van der Waals surface area contributed by atoms with Crippen molar-refractivity contribution in [2.24, 2.45) is 4.99 Å². The van der Waals surface area contributed by atoms with Gasteiger partial charge in [-0.15, -0.1) is 0 Å². The number of para-hydroxylation sites is 1. The predicted molar refractivity (Wildman–Crippen MR) is 42.9 cm³/mol. The van der Waals surface area contributed by atoms with Crippen molar-refractivity contribution in [1.29, 1.82) is 0 Å². The van der Waals surface area contributed by atoms with Gasteiger partial charge in [-0.3, -0.25) is 0 Å². The van der Waals surface area contributed by atoms with Crippen LogP contribution in [0, 0.1) is 0 Å². The Hall–Kier alpha value is -1.66. The maximum atomic E-state index is 3.84. The van der Waals surface area contributed by atoms with Crippen LogP contribution in [-0.4, -0.2) is 10.6 Å². The van der Waals surface area contributed by atoms with E-state index in [1.807, 2.05) is 41.1 Å². The third-order valence-corrected chi connectivity index (χ3v) is 1.49. The predicted octanol–water partition coefficient (Wildman–Crippen LogP) is 1.99. The summed E-state index contributed by atoms with van der Waals surface area (Å²) < 4.78 is 1.85. The Morgan fingerprint density at radius 3 is 2.64 bits per heavy atom. The van der Waals surface area contributed by atoms with Gasteiger partial charge in [0.1, 0.15) is 11.9 Å². The standard InChI is InChI=1S/C9H7N2/c1-2-4-9(5-3-1)11-7-6-10-8-11/h1-7H/q+1. The lowest BCUT2D eigenvalue weighted by Crippen LogP contribution is -1.89. The molecule has 1 aromatic carbocycles. The summed E-state index contributed by atoms with van der Waals surface area (Å²) in [6, 6.07) is 12.8. The second kappa shape index (κ2) is 2.52. The van der Waals surface area contributed by atoms with Crippen LogP contribution < -0.4 is 0 Å². The molecule has 11 heavy (non-hydrogen) atoms. The average Bonchev–Trinajstić information content (AvgIpc) is 2.58. The summed E-state index contributed by atoms with van der Waals surface area (Å²) in [4.78, 5) is 3.84. The lowest BCUT2D eigenvalue weighted by Gasteiger charge is -1.91. The zero-order chi connectivity index (χ0) is 7.52. The summed E-state index contributed by atoms with van der Waals surface area (Å²) in [6.07, 6.45) is 3.59. The molecule has 0 unspecified atom stereocenters. The molecule has 0 radical (unpaired) electrons. The second-order valence-corrected chi connectivity index (χ2v) is 2.23. The Morgan fingerprint density at radius 1 is 1.18 bits per heavy atom. The van der Waals surface area contributed by atoms with Gasteiger partial charge in [0.15, 0.2) is 6.20 Å². The highest BCUT2D eigenvalue weighted by molar-refractivity contribution is 5.44. The first-order valence-electron chi connectivity index (χ1n) is 3.43. The van der Waals surface area contributed by atoms with Crippen LogP contribution in [-0.2, 0) is 0 Å². The first-order chi connectivity index (χ1) is 5.47. The van der Waals surface area contributed by atoms with Crippen molar-refractivity contribution < 1.29 is 4.58 Å². The molecule has 2 nitrogen and oxygen atoms in total. The Labute approximate surface area is 64.8 Å². The number of aliphatic imine (C=N–C) groups is 1. The Balaban J connectivity index is 2.46. The summed E-state index contributed by atoms with van der Waals surface area (Å²) in [7, 11) is 0. The summed E-state index contributed by atoms with van der Waals surface area (Å²) in [5.74, 6) is 0. The first-order valence-corrected chi connectivity index (χ1v) is 3.43. The molecule has 0 atom stereocenters. The van der Waals surface area contributed by atoms with E-state index in [0.717, 1.165) is 5.69 Å². The SMILES string of the molecule is C1=NC=C[N+]=1c1ccccc1. The van der Waals surface area contributed by atoms with Crippen LogP contribution in [0.5, 0.6) is 0 Å². The molecule has 1 aliphatic heterocycles. The summed E-state index contributed by atoms with van der Waals surface area (Å²) in [5.41, 5.74) is 1.09. The van der Waals surface area contributed by atoms with Crippen molar-refractivity contribution in [1.82, 2.24) is 0 Å². The van der Waals surface area contributed by atoms with Crippen LogP contribution in [0.25, 0.3) is 0 Å². The molecular weight excluding hydrogens is 136 g/mol. The van der Waals surface area contributed by atoms with Gasteiger partial charge in [0.25, 0.3) is 0 Å². The molecule has 1 aliphatic rings. The fourth-order valence-electron chi connectivity index (χ4n) is 0.961. The Morgan fingerprint density at radius 2 is 2.00 bits per heavy atom. The highest BCUT2D eigenvalue weighted by Gasteiger charge is 2.02. The number of hydrogen-bond donors (Lipinski definition) is 0. The molecule has 2 heteroatoms. The van der Waals surface area contributed by atoms with Crippen LogP contribution in [0.4, 0.5) is 5.69 Å². The van der Waals surface area contributed by atoms with E-state index in [9.17, 15) is 0 Å². The van der Waals surface area contributed by atoms with E-state index >= 15 is 0 Å². The lowest BCUT2D eigenvalue weighted by atomic mass is 10.3. The van der Waals surface area contributed by atoms with Gasteiger partial charge in [-0.05, 0) is 12.1 Å². The zero-order valence-corrected chi connectivity index (χ0v) is 5.94. The molecular formula is C9H7N2+. The Bertz CT molecular complexity index is 343. The molecule has 1 heterocycles. The topological polar surface area (TPSA) is 15.4 Å². The average molecular weight is 143 g/mol. The molecule has 0 aliphatic carbocycles. The molecule has 1 aromatic rings. The highest BCUT2D eigenvalue weighted by atomic mass is 15.0. The number of benzene rings is 1. The van der Waals surface area contributed by atoms with Gasteiger partial charge in [-0.2, -0.15) is 4.58 Å². The van der Waals surface area contributed by atoms with Gasteiger partial charge in [0, 0.05) is 4.99 Å². The van der Waals surface area contributed by atoms with E-state index < -0.39 is 0 Å². The van der Waals surface area contributed by atoms with Crippen LogP contribution in [0.3, 0.4) is 0 Å². The number of nitrogens with zero attached hydrogens (tertiary/aromatic N) is 2. The van der Waals surface area contributed by atoms with Gasteiger partial charge in [0.05, 0.1) is 0 Å². The third kappa shape index (κ3) is 1.11. The van der Waals surface area contributed by atoms with Crippen LogP contribution in [0.15, 0.2) is 47.7 Å². The molecule has 52 valence electrons. The van der Waals surface area contributed by atoms with Crippen molar-refractivity contribution in [2.45, 2.75) is 0 Å². The first kappa shape index (κ1) is 6.08. The maximum absolute atomic E-state index is 3.84. The van der Waals surface area contributed by atoms with Crippen LogP contribution >= 0.6 is 0 Å². The van der Waals surface area contributed by atoms with E-state index in [1.54, 1.807) is 6.20 Å². The van der Waals surface area contributed by atoms with E-state index in [4.69, 9.17) is 0 Å². The smallest absolute Gasteiger partial charge is 0.154 e. The number of hydrogen-bond acceptors (Lipinski definition) is 1. The van der Waals surface area contributed by atoms with Crippen LogP contribution in [0.2, 0.25) is 0 Å². The molecule has 0 spiro atoms. The van der Waals surface area contributed by atoms with Crippen molar-refractivity contribution in [3.05, 3.63) is 42.7 Å². The zero-order valence-electron chi connectivity index (χ0n) is 5.94. The van der Waals surface area contributed by atoms with Gasteiger partial charge in [-0.1, -0.05) is 18.2 Å². The lowest BCUT2D eigenvalue weighted by molar-refractivity contribution is -0.349. The Kier molecular flexibility index (Phi) is 1.39. The molecule has 0 aromatic heterocycles. The molecule has 0 saturated carbocycles. The van der Waals surface area contributed by atoms with Crippen molar-refractivity contribution in [3.63, 3.8) is 0 Å². The summed E-state index contributed by atoms with van der Waals surface area (Å²) in [5, 5.41) is 0. The summed E-state index contributed by atoms with van der Waals surface area (Å²) >= 11 is 0. The van der Waals surface area contributed by atoms with Crippen molar-refractivity contribution in [2.75, 3.05) is 0 Å². The normalized spacial score (nSPS) is 13.6. The van der Waals surface area contributed by atoms with Gasteiger partial charge in [-0.25, -0.2) is 0 Å². The van der Waals surface area contributed by atoms with Crippen LogP contribution in [0.1, 0.15) is 0 Å².